The SMILES string of the molecule is ClC(Cl)(Cl)[TeH].[NaH]. The summed E-state index contributed by atoms with van der Waals surface area (Å²) in [5.74, 6) is 0. The molecule has 34 valence electrons. The van der Waals surface area contributed by atoms with E-state index in [0.29, 0.717) is 0 Å². The van der Waals surface area contributed by atoms with Gasteiger partial charge in [0.05, 0.1) is 0 Å². The van der Waals surface area contributed by atoms with Gasteiger partial charge in [-0.2, -0.15) is 0 Å². The third kappa shape index (κ3) is 30.2. The molecule has 0 aromatic rings. The summed E-state index contributed by atoms with van der Waals surface area (Å²) in [6.45, 7) is 0. The minimum atomic E-state index is -1.03. The molecule has 0 aromatic carbocycles. The van der Waals surface area contributed by atoms with Gasteiger partial charge in [-0.05, 0) is 0 Å². The first-order chi connectivity index (χ1) is 2.00. The third-order valence-corrected chi connectivity index (χ3v) is 0. The van der Waals surface area contributed by atoms with E-state index in [1.165, 1.54) is 22.3 Å². The Kier molecular flexibility index (Phi) is 8.65. The number of halogens is 3. The number of rotatable bonds is 0. The van der Waals surface area contributed by atoms with Crippen molar-refractivity contribution in [1.82, 2.24) is 0 Å². The molecule has 0 saturated carbocycles. The van der Waals surface area contributed by atoms with Crippen LogP contribution < -0.4 is 0 Å². The van der Waals surface area contributed by atoms with E-state index in [-0.39, 0.29) is 29.6 Å². The van der Waals surface area contributed by atoms with E-state index >= 15 is 0 Å². The molecule has 0 N–H and O–H groups in total. The standard InChI is InChI=1S/CHCl3Te.Na.H/c2-1(3,4)5;;/h5H;;. The Labute approximate surface area is 87.1 Å². The molecule has 6 heavy (non-hydrogen) atoms. The fraction of sp³-hybridized carbons (Fsp3) is 1.00. The van der Waals surface area contributed by atoms with E-state index in [1.807, 2.05) is 0 Å². The van der Waals surface area contributed by atoms with Crippen molar-refractivity contribution in [2.75, 3.05) is 0 Å². The van der Waals surface area contributed by atoms with Gasteiger partial charge in [-0.25, -0.2) is 0 Å². The molecule has 0 aliphatic rings. The molecule has 0 spiro atoms. The summed E-state index contributed by atoms with van der Waals surface area (Å²) in [6, 6.07) is 0. The van der Waals surface area contributed by atoms with Crippen molar-refractivity contribution >= 4 is 86.7 Å². The second-order valence-electron chi connectivity index (χ2n) is 0.468. The van der Waals surface area contributed by atoms with Crippen molar-refractivity contribution in [2.45, 2.75) is 1.84 Å². The molecule has 0 atom stereocenters. The van der Waals surface area contributed by atoms with E-state index in [0.717, 1.165) is 0 Å². The van der Waals surface area contributed by atoms with Gasteiger partial charge in [-0.1, -0.05) is 0 Å². The molecule has 0 heterocycles. The Morgan fingerprint density at radius 1 is 1.17 bits per heavy atom. The van der Waals surface area contributed by atoms with Gasteiger partial charge in [-0.3, -0.25) is 0 Å². The molecule has 0 aromatic heterocycles. The number of alkyl halides is 3. The van der Waals surface area contributed by atoms with Crippen LogP contribution in [-0.4, -0.2) is 53.7 Å². The van der Waals surface area contributed by atoms with Gasteiger partial charge in [-0.15, -0.1) is 0 Å². The van der Waals surface area contributed by atoms with Crippen molar-refractivity contribution in [2.24, 2.45) is 0 Å². The summed E-state index contributed by atoms with van der Waals surface area (Å²) in [5.41, 5.74) is 0. The second kappa shape index (κ2) is 4.53. The first-order valence-corrected chi connectivity index (χ1v) is 3.20. The zero-order valence-corrected chi connectivity index (χ0v) is 6.90. The predicted octanol–water partition coefficient (Wildman–Crippen LogP) is 0.566. The van der Waals surface area contributed by atoms with Crippen LogP contribution in [0.5, 0.6) is 0 Å². The summed E-state index contributed by atoms with van der Waals surface area (Å²) < 4.78 is -1.03. The van der Waals surface area contributed by atoms with Crippen molar-refractivity contribution < 1.29 is 0 Å². The second-order valence-corrected chi connectivity index (χ2v) is 7.03. The van der Waals surface area contributed by atoms with Crippen LogP contribution in [0, 0.1) is 0 Å². The van der Waals surface area contributed by atoms with Gasteiger partial charge in [0, 0.05) is 0 Å². The molecule has 0 rings (SSSR count). The zero-order valence-electron chi connectivity index (χ0n) is 2.08. The van der Waals surface area contributed by atoms with Crippen LogP contribution in [0.1, 0.15) is 0 Å². The van der Waals surface area contributed by atoms with Crippen molar-refractivity contribution in [3.8, 4) is 0 Å². The van der Waals surface area contributed by atoms with Crippen LogP contribution in [0.3, 0.4) is 0 Å². The average molecular weight is 271 g/mol. The van der Waals surface area contributed by atoms with Crippen molar-refractivity contribution in [1.29, 1.82) is 0 Å². The van der Waals surface area contributed by atoms with E-state index < -0.39 is 1.84 Å². The monoisotopic (exact) mass is 272 g/mol. The molecule has 0 nitrogen and oxygen atoms in total. The van der Waals surface area contributed by atoms with E-state index in [1.54, 1.807) is 0 Å². The summed E-state index contributed by atoms with van der Waals surface area (Å²) in [4.78, 5) is 0. The Morgan fingerprint density at radius 2 is 1.17 bits per heavy atom. The van der Waals surface area contributed by atoms with Crippen LogP contribution in [0.15, 0.2) is 0 Å². The number of hydrogen-bond acceptors (Lipinski definition) is 0. The Bertz CT molecular complexity index is 26.3. The molecular weight excluding hydrogens is 269 g/mol. The van der Waals surface area contributed by atoms with E-state index in [2.05, 4.69) is 0 Å². The van der Waals surface area contributed by atoms with Gasteiger partial charge in [0.2, 0.25) is 0 Å². The molecule has 0 amide bonds. The Morgan fingerprint density at radius 3 is 1.17 bits per heavy atom. The van der Waals surface area contributed by atoms with E-state index in [9.17, 15) is 0 Å². The third-order valence-electron chi connectivity index (χ3n) is 0. The average Bonchev–Trinajstić information content (AvgIpc) is 0.722. The Hall–Kier alpha value is 2.66. The van der Waals surface area contributed by atoms with Crippen molar-refractivity contribution in [3.05, 3.63) is 0 Å². The summed E-state index contributed by atoms with van der Waals surface area (Å²) in [7, 11) is 0. The molecule has 0 aliphatic carbocycles. The molecular formula is CH2Cl3NaTe. The summed E-state index contributed by atoms with van der Waals surface area (Å²) >= 11 is 16.4. The molecule has 0 radical (unpaired) electrons. The van der Waals surface area contributed by atoms with E-state index in [4.69, 9.17) is 34.8 Å². The maximum absolute atomic E-state index is 5.08. The van der Waals surface area contributed by atoms with Gasteiger partial charge >= 0.3 is 88.5 Å². The van der Waals surface area contributed by atoms with Gasteiger partial charge in [0.15, 0.2) is 0 Å². The fourth-order valence-electron chi connectivity index (χ4n) is 0. The maximum atomic E-state index is 5.08. The predicted molar refractivity (Wildman–Crippen MR) is 34.6 cm³/mol. The first-order valence-electron chi connectivity index (χ1n) is 0.791. The molecule has 0 unspecified atom stereocenters. The number of hydrogen-bond donors (Lipinski definition) is 0. The van der Waals surface area contributed by atoms with Crippen LogP contribution in [-0.2, 0) is 0 Å². The topological polar surface area (TPSA) is 0 Å². The van der Waals surface area contributed by atoms with Crippen LogP contribution in [0.4, 0.5) is 0 Å². The normalized spacial score (nSPS) is 10.0. The molecule has 5 heteroatoms. The fourth-order valence-corrected chi connectivity index (χ4v) is 0. The van der Waals surface area contributed by atoms with Gasteiger partial charge in [0.1, 0.15) is 0 Å². The molecule has 0 fully saturated rings. The van der Waals surface area contributed by atoms with Crippen LogP contribution >= 0.6 is 34.8 Å². The summed E-state index contributed by atoms with van der Waals surface area (Å²) in [5, 5.41) is 0. The zero-order chi connectivity index (χ0) is 4.50. The van der Waals surface area contributed by atoms with Crippen molar-refractivity contribution in [3.63, 3.8) is 0 Å². The van der Waals surface area contributed by atoms with Gasteiger partial charge in [0.25, 0.3) is 0 Å². The Balaban J connectivity index is 0. The summed E-state index contributed by atoms with van der Waals surface area (Å²) in [6.07, 6.45) is 0. The quantitative estimate of drug-likeness (QED) is 0.446. The molecule has 0 bridgehead atoms. The minimum absolute atomic E-state index is 0. The molecule has 0 saturated heterocycles. The molecule has 0 aliphatic heterocycles. The van der Waals surface area contributed by atoms with Crippen LogP contribution in [0.2, 0.25) is 0 Å². The first kappa shape index (κ1) is 11.5. The van der Waals surface area contributed by atoms with Crippen LogP contribution in [0.25, 0.3) is 0 Å². The van der Waals surface area contributed by atoms with Gasteiger partial charge < -0.3 is 0 Å².